The van der Waals surface area contributed by atoms with Crippen LogP contribution in [-0.2, 0) is 7.05 Å². The SMILES string of the molecule is Cn1cnnc1[C@H]1CCN(CC2CC2)C1. The molecular formula is C11H18N4. The summed E-state index contributed by atoms with van der Waals surface area (Å²) in [6.07, 6.45) is 5.95. The molecule has 2 aliphatic rings. The van der Waals surface area contributed by atoms with E-state index in [1.807, 2.05) is 7.05 Å². The van der Waals surface area contributed by atoms with Crippen molar-refractivity contribution in [3.8, 4) is 0 Å². The van der Waals surface area contributed by atoms with Crippen molar-refractivity contribution in [1.29, 1.82) is 0 Å². The van der Waals surface area contributed by atoms with Gasteiger partial charge < -0.3 is 9.47 Å². The fourth-order valence-electron chi connectivity index (χ4n) is 2.54. The molecule has 0 N–H and O–H groups in total. The van der Waals surface area contributed by atoms with E-state index in [0.29, 0.717) is 5.92 Å². The van der Waals surface area contributed by atoms with Crippen LogP contribution in [0.2, 0.25) is 0 Å². The van der Waals surface area contributed by atoms with E-state index in [-0.39, 0.29) is 0 Å². The normalized spacial score (nSPS) is 27.4. The van der Waals surface area contributed by atoms with Crippen LogP contribution >= 0.6 is 0 Å². The van der Waals surface area contributed by atoms with Gasteiger partial charge in [0.2, 0.25) is 0 Å². The summed E-state index contributed by atoms with van der Waals surface area (Å²) < 4.78 is 2.06. The zero-order chi connectivity index (χ0) is 10.3. The average Bonchev–Trinajstić information content (AvgIpc) is 2.74. The van der Waals surface area contributed by atoms with Crippen molar-refractivity contribution in [3.63, 3.8) is 0 Å². The Labute approximate surface area is 90.3 Å². The van der Waals surface area contributed by atoms with Gasteiger partial charge in [-0.2, -0.15) is 0 Å². The summed E-state index contributed by atoms with van der Waals surface area (Å²) in [6, 6.07) is 0. The Hall–Kier alpha value is -0.900. The van der Waals surface area contributed by atoms with Gasteiger partial charge in [0, 0.05) is 26.1 Å². The van der Waals surface area contributed by atoms with E-state index in [2.05, 4.69) is 19.7 Å². The zero-order valence-electron chi connectivity index (χ0n) is 9.26. The molecule has 2 heterocycles. The van der Waals surface area contributed by atoms with Crippen LogP contribution in [0.25, 0.3) is 0 Å². The van der Waals surface area contributed by atoms with Gasteiger partial charge in [0.1, 0.15) is 12.2 Å². The second-order valence-corrected chi connectivity index (χ2v) is 4.99. The van der Waals surface area contributed by atoms with E-state index >= 15 is 0 Å². The molecule has 0 amide bonds. The fourth-order valence-corrected chi connectivity index (χ4v) is 2.54. The van der Waals surface area contributed by atoms with Crippen LogP contribution < -0.4 is 0 Å². The van der Waals surface area contributed by atoms with E-state index in [1.54, 1.807) is 6.33 Å². The van der Waals surface area contributed by atoms with Crippen molar-refractivity contribution in [3.05, 3.63) is 12.2 Å². The van der Waals surface area contributed by atoms with Gasteiger partial charge in [-0.1, -0.05) is 0 Å². The highest BCUT2D eigenvalue weighted by Gasteiger charge is 2.31. The van der Waals surface area contributed by atoms with Crippen LogP contribution in [0.3, 0.4) is 0 Å². The standard InChI is InChI=1S/C11H18N4/c1-14-8-12-13-11(14)10-4-5-15(7-10)6-9-2-3-9/h8-10H,2-7H2,1H3/t10-/m0/s1. The first-order chi connectivity index (χ1) is 7.33. The molecule has 2 fully saturated rings. The van der Waals surface area contributed by atoms with E-state index in [1.165, 1.54) is 38.9 Å². The number of nitrogens with zero attached hydrogens (tertiary/aromatic N) is 4. The third-order valence-electron chi connectivity index (χ3n) is 3.60. The smallest absolute Gasteiger partial charge is 0.136 e. The Bertz CT molecular complexity index is 342. The predicted molar refractivity (Wildman–Crippen MR) is 57.5 cm³/mol. The van der Waals surface area contributed by atoms with Gasteiger partial charge in [-0.25, -0.2) is 0 Å². The molecule has 1 saturated carbocycles. The number of hydrogen-bond donors (Lipinski definition) is 0. The lowest BCUT2D eigenvalue weighted by Crippen LogP contribution is -2.23. The summed E-state index contributed by atoms with van der Waals surface area (Å²) in [4.78, 5) is 2.59. The second kappa shape index (κ2) is 3.59. The maximum absolute atomic E-state index is 4.21. The molecule has 0 spiro atoms. The lowest BCUT2D eigenvalue weighted by molar-refractivity contribution is 0.319. The highest BCUT2D eigenvalue weighted by Crippen LogP contribution is 2.33. The molecule has 3 rings (SSSR count). The zero-order valence-corrected chi connectivity index (χ0v) is 9.26. The molecule has 15 heavy (non-hydrogen) atoms. The van der Waals surface area contributed by atoms with Crippen molar-refractivity contribution in [1.82, 2.24) is 19.7 Å². The van der Waals surface area contributed by atoms with Crippen LogP contribution in [0.4, 0.5) is 0 Å². The highest BCUT2D eigenvalue weighted by molar-refractivity contribution is 5.01. The van der Waals surface area contributed by atoms with Crippen molar-refractivity contribution in [2.45, 2.75) is 25.2 Å². The maximum atomic E-state index is 4.21. The highest BCUT2D eigenvalue weighted by atomic mass is 15.3. The first-order valence-electron chi connectivity index (χ1n) is 5.89. The van der Waals surface area contributed by atoms with Crippen molar-refractivity contribution < 1.29 is 0 Å². The van der Waals surface area contributed by atoms with Crippen LogP contribution in [0.1, 0.15) is 31.0 Å². The fraction of sp³-hybridized carbons (Fsp3) is 0.818. The lowest BCUT2D eigenvalue weighted by Gasteiger charge is -2.14. The molecule has 4 heteroatoms. The topological polar surface area (TPSA) is 34.0 Å². The molecule has 0 bridgehead atoms. The van der Waals surface area contributed by atoms with Gasteiger partial charge in [0.25, 0.3) is 0 Å². The van der Waals surface area contributed by atoms with E-state index < -0.39 is 0 Å². The third-order valence-corrected chi connectivity index (χ3v) is 3.60. The van der Waals surface area contributed by atoms with E-state index in [0.717, 1.165) is 11.7 Å². The number of rotatable bonds is 3. The van der Waals surface area contributed by atoms with Crippen molar-refractivity contribution in [2.24, 2.45) is 13.0 Å². The molecule has 1 atom stereocenters. The minimum absolute atomic E-state index is 0.608. The summed E-state index contributed by atoms with van der Waals surface area (Å²) in [6.45, 7) is 3.74. The predicted octanol–water partition coefficient (Wildman–Crippen LogP) is 1.01. The van der Waals surface area contributed by atoms with Gasteiger partial charge >= 0.3 is 0 Å². The minimum atomic E-state index is 0.608. The summed E-state index contributed by atoms with van der Waals surface area (Å²) in [5.41, 5.74) is 0. The molecule has 1 saturated heterocycles. The van der Waals surface area contributed by atoms with Crippen LogP contribution in [0.5, 0.6) is 0 Å². The largest absolute Gasteiger partial charge is 0.320 e. The lowest BCUT2D eigenvalue weighted by atomic mass is 10.1. The van der Waals surface area contributed by atoms with Gasteiger partial charge in [-0.3, -0.25) is 0 Å². The van der Waals surface area contributed by atoms with Gasteiger partial charge in [-0.15, -0.1) is 10.2 Å². The molecule has 1 aliphatic carbocycles. The first-order valence-corrected chi connectivity index (χ1v) is 5.89. The average molecular weight is 206 g/mol. The van der Waals surface area contributed by atoms with Crippen LogP contribution in [0.15, 0.2) is 6.33 Å². The number of hydrogen-bond acceptors (Lipinski definition) is 3. The molecule has 1 aliphatic heterocycles. The molecule has 0 aromatic carbocycles. The van der Waals surface area contributed by atoms with Gasteiger partial charge in [0.05, 0.1) is 0 Å². The Morgan fingerprint density at radius 3 is 2.93 bits per heavy atom. The Kier molecular flexibility index (Phi) is 2.24. The van der Waals surface area contributed by atoms with Gasteiger partial charge in [0.15, 0.2) is 0 Å². The summed E-state index contributed by atoms with van der Waals surface area (Å²) in [5, 5.41) is 8.17. The summed E-state index contributed by atoms with van der Waals surface area (Å²) >= 11 is 0. The van der Waals surface area contributed by atoms with E-state index in [9.17, 15) is 0 Å². The molecule has 1 aromatic heterocycles. The van der Waals surface area contributed by atoms with Crippen LogP contribution in [-0.4, -0.2) is 39.3 Å². The second-order valence-electron chi connectivity index (χ2n) is 4.99. The number of likely N-dealkylation sites (tertiary alicyclic amines) is 1. The molecule has 82 valence electrons. The van der Waals surface area contributed by atoms with Gasteiger partial charge in [-0.05, 0) is 31.7 Å². The molecule has 4 nitrogen and oxygen atoms in total. The van der Waals surface area contributed by atoms with Crippen molar-refractivity contribution >= 4 is 0 Å². The number of aryl methyl sites for hydroxylation is 1. The minimum Gasteiger partial charge on any atom is -0.320 e. The first kappa shape index (κ1) is 9.33. The molecule has 0 radical (unpaired) electrons. The molecule has 0 unspecified atom stereocenters. The monoisotopic (exact) mass is 206 g/mol. The maximum Gasteiger partial charge on any atom is 0.136 e. The van der Waals surface area contributed by atoms with Crippen LogP contribution in [0, 0.1) is 5.92 Å². The molecular weight excluding hydrogens is 188 g/mol. The Balaban J connectivity index is 1.62. The number of aromatic nitrogens is 3. The van der Waals surface area contributed by atoms with E-state index in [4.69, 9.17) is 0 Å². The molecule has 1 aromatic rings. The Morgan fingerprint density at radius 1 is 1.40 bits per heavy atom. The quantitative estimate of drug-likeness (QED) is 0.740. The summed E-state index contributed by atoms with van der Waals surface area (Å²) in [7, 11) is 2.04. The Morgan fingerprint density at radius 2 is 2.27 bits per heavy atom. The summed E-state index contributed by atoms with van der Waals surface area (Å²) in [5.74, 6) is 2.77. The third kappa shape index (κ3) is 1.91. The van der Waals surface area contributed by atoms with Crippen molar-refractivity contribution in [2.75, 3.05) is 19.6 Å².